The lowest BCUT2D eigenvalue weighted by atomic mass is 10.1. The molecule has 80 valence electrons. The summed E-state index contributed by atoms with van der Waals surface area (Å²) in [7, 11) is 0. The highest BCUT2D eigenvalue weighted by Gasteiger charge is 2.14. The van der Waals surface area contributed by atoms with Gasteiger partial charge in [0.1, 0.15) is 6.33 Å². The van der Waals surface area contributed by atoms with E-state index in [4.69, 9.17) is 11.6 Å². The van der Waals surface area contributed by atoms with Crippen molar-refractivity contribution in [1.82, 2.24) is 19.6 Å². The van der Waals surface area contributed by atoms with Crippen LogP contribution in [0, 0.1) is 5.92 Å². The third-order valence-corrected chi connectivity index (χ3v) is 3.06. The van der Waals surface area contributed by atoms with Gasteiger partial charge in [-0.3, -0.25) is 9.38 Å². The Bertz CT molecular complexity index is 451. The number of hydrogen-bond donors (Lipinski definition) is 0. The molecular formula is C10H13ClN4. The van der Waals surface area contributed by atoms with Gasteiger partial charge < -0.3 is 0 Å². The lowest BCUT2D eigenvalue weighted by molar-refractivity contribution is 0.591. The van der Waals surface area contributed by atoms with Gasteiger partial charge in [-0.1, -0.05) is 13.8 Å². The minimum absolute atomic E-state index is 0.0837. The standard InChI is InChI=1S/C10H13ClN4/c1-7(2)8(11)5-9-10-14-13-6-15(10)4-3-12-9/h3-4,6-8H,5H2,1-2H3. The van der Waals surface area contributed by atoms with Crippen LogP contribution in [0.4, 0.5) is 0 Å². The van der Waals surface area contributed by atoms with Gasteiger partial charge in [0.05, 0.1) is 5.69 Å². The lowest BCUT2D eigenvalue weighted by Gasteiger charge is -2.12. The molecule has 0 aliphatic rings. The highest BCUT2D eigenvalue weighted by atomic mass is 35.5. The van der Waals surface area contributed by atoms with Gasteiger partial charge in [0, 0.05) is 24.2 Å². The van der Waals surface area contributed by atoms with Gasteiger partial charge >= 0.3 is 0 Å². The molecule has 0 aromatic carbocycles. The van der Waals surface area contributed by atoms with E-state index in [1.807, 2.05) is 10.6 Å². The van der Waals surface area contributed by atoms with Crippen LogP contribution in [-0.4, -0.2) is 25.0 Å². The second-order valence-electron chi connectivity index (χ2n) is 3.90. The lowest BCUT2D eigenvalue weighted by Crippen LogP contribution is -2.13. The van der Waals surface area contributed by atoms with Crippen molar-refractivity contribution in [2.24, 2.45) is 5.92 Å². The van der Waals surface area contributed by atoms with Crippen molar-refractivity contribution < 1.29 is 0 Å². The number of rotatable bonds is 3. The first-order valence-corrected chi connectivity index (χ1v) is 5.39. The molecule has 0 bridgehead atoms. The van der Waals surface area contributed by atoms with Crippen LogP contribution in [0.2, 0.25) is 0 Å². The zero-order valence-corrected chi connectivity index (χ0v) is 9.52. The molecule has 5 heteroatoms. The van der Waals surface area contributed by atoms with Gasteiger partial charge in [-0.2, -0.15) is 0 Å². The molecule has 15 heavy (non-hydrogen) atoms. The number of hydrogen-bond acceptors (Lipinski definition) is 3. The molecule has 0 N–H and O–H groups in total. The molecule has 1 unspecified atom stereocenters. The Kier molecular flexibility index (Phi) is 2.86. The Morgan fingerprint density at radius 2 is 2.27 bits per heavy atom. The Balaban J connectivity index is 2.31. The summed E-state index contributed by atoms with van der Waals surface area (Å²) in [5.74, 6) is 0.427. The van der Waals surface area contributed by atoms with Gasteiger partial charge in [0.15, 0.2) is 5.65 Å². The number of fused-ring (bicyclic) bond motifs is 1. The van der Waals surface area contributed by atoms with E-state index in [0.29, 0.717) is 5.92 Å². The summed E-state index contributed by atoms with van der Waals surface area (Å²) in [4.78, 5) is 4.29. The average Bonchev–Trinajstić information content (AvgIpc) is 2.66. The molecular weight excluding hydrogens is 212 g/mol. The molecule has 0 fully saturated rings. The molecule has 4 nitrogen and oxygen atoms in total. The van der Waals surface area contributed by atoms with Crippen LogP contribution in [-0.2, 0) is 6.42 Å². The van der Waals surface area contributed by atoms with Gasteiger partial charge in [0.25, 0.3) is 0 Å². The molecule has 0 spiro atoms. The van der Waals surface area contributed by atoms with Crippen LogP contribution in [0.25, 0.3) is 5.65 Å². The Morgan fingerprint density at radius 1 is 1.47 bits per heavy atom. The quantitative estimate of drug-likeness (QED) is 0.749. The SMILES string of the molecule is CC(C)C(Cl)Cc1nccn2cnnc12. The van der Waals surface area contributed by atoms with Crippen molar-refractivity contribution in [3.8, 4) is 0 Å². The van der Waals surface area contributed by atoms with E-state index < -0.39 is 0 Å². The minimum atomic E-state index is 0.0837. The number of halogens is 1. The van der Waals surface area contributed by atoms with Crippen LogP contribution in [0.5, 0.6) is 0 Å². The second-order valence-corrected chi connectivity index (χ2v) is 4.46. The topological polar surface area (TPSA) is 43.1 Å². The van der Waals surface area contributed by atoms with Crippen LogP contribution in [0.3, 0.4) is 0 Å². The summed E-state index contributed by atoms with van der Waals surface area (Å²) in [6.07, 6.45) is 5.97. The van der Waals surface area contributed by atoms with Crippen molar-refractivity contribution in [2.45, 2.75) is 25.6 Å². The monoisotopic (exact) mass is 224 g/mol. The maximum atomic E-state index is 6.22. The summed E-state index contributed by atoms with van der Waals surface area (Å²) in [5, 5.41) is 7.95. The molecule has 2 rings (SSSR count). The van der Waals surface area contributed by atoms with E-state index in [0.717, 1.165) is 17.8 Å². The largest absolute Gasteiger partial charge is 0.286 e. The molecule has 0 saturated heterocycles. The molecule has 2 aromatic rings. The van der Waals surface area contributed by atoms with Crippen LogP contribution in [0.1, 0.15) is 19.5 Å². The Hall–Kier alpha value is -1.16. The van der Waals surface area contributed by atoms with E-state index in [-0.39, 0.29) is 5.38 Å². The molecule has 2 heterocycles. The van der Waals surface area contributed by atoms with Gasteiger partial charge in [-0.15, -0.1) is 21.8 Å². The summed E-state index contributed by atoms with van der Waals surface area (Å²) in [5.41, 5.74) is 1.70. The molecule has 2 aromatic heterocycles. The smallest absolute Gasteiger partial charge is 0.182 e. The van der Waals surface area contributed by atoms with Gasteiger partial charge in [0.2, 0.25) is 0 Å². The average molecular weight is 225 g/mol. The van der Waals surface area contributed by atoms with Crippen molar-refractivity contribution in [1.29, 1.82) is 0 Å². The van der Waals surface area contributed by atoms with Crippen molar-refractivity contribution in [3.05, 3.63) is 24.4 Å². The molecule has 0 aliphatic heterocycles. The van der Waals surface area contributed by atoms with Crippen LogP contribution >= 0.6 is 11.6 Å². The summed E-state index contributed by atoms with van der Waals surface area (Å²) in [6, 6.07) is 0. The van der Waals surface area contributed by atoms with E-state index >= 15 is 0 Å². The fourth-order valence-electron chi connectivity index (χ4n) is 1.38. The molecule has 0 aliphatic carbocycles. The molecule has 0 radical (unpaired) electrons. The van der Waals surface area contributed by atoms with Crippen LogP contribution in [0.15, 0.2) is 18.7 Å². The first kappa shape index (κ1) is 10.4. The highest BCUT2D eigenvalue weighted by molar-refractivity contribution is 6.20. The Morgan fingerprint density at radius 3 is 3.00 bits per heavy atom. The van der Waals surface area contributed by atoms with Crippen molar-refractivity contribution in [2.75, 3.05) is 0 Å². The van der Waals surface area contributed by atoms with E-state index in [2.05, 4.69) is 29.0 Å². The molecule has 0 saturated carbocycles. The zero-order valence-electron chi connectivity index (χ0n) is 8.76. The van der Waals surface area contributed by atoms with Crippen molar-refractivity contribution in [3.63, 3.8) is 0 Å². The fourth-order valence-corrected chi connectivity index (χ4v) is 1.52. The van der Waals surface area contributed by atoms with E-state index in [9.17, 15) is 0 Å². The fraction of sp³-hybridized carbons (Fsp3) is 0.500. The summed E-state index contributed by atoms with van der Waals surface area (Å²) in [6.45, 7) is 4.20. The predicted molar refractivity (Wildman–Crippen MR) is 59.0 cm³/mol. The van der Waals surface area contributed by atoms with Gasteiger partial charge in [-0.05, 0) is 5.92 Å². The summed E-state index contributed by atoms with van der Waals surface area (Å²) < 4.78 is 1.85. The van der Waals surface area contributed by atoms with Crippen molar-refractivity contribution >= 4 is 17.2 Å². The first-order chi connectivity index (χ1) is 7.18. The zero-order chi connectivity index (χ0) is 10.8. The van der Waals surface area contributed by atoms with Gasteiger partial charge in [-0.25, -0.2) is 0 Å². The molecule has 1 atom stereocenters. The minimum Gasteiger partial charge on any atom is -0.286 e. The van der Waals surface area contributed by atoms with E-state index in [1.54, 1.807) is 12.5 Å². The normalized spacial score (nSPS) is 13.6. The maximum absolute atomic E-state index is 6.22. The highest BCUT2D eigenvalue weighted by Crippen LogP contribution is 2.16. The second kappa shape index (κ2) is 4.14. The predicted octanol–water partition coefficient (Wildman–Crippen LogP) is 1.93. The number of aromatic nitrogens is 4. The Labute approximate surface area is 93.3 Å². The maximum Gasteiger partial charge on any atom is 0.182 e. The van der Waals surface area contributed by atoms with Crippen LogP contribution < -0.4 is 0 Å². The summed E-state index contributed by atoms with van der Waals surface area (Å²) >= 11 is 6.22. The van der Waals surface area contributed by atoms with E-state index in [1.165, 1.54) is 0 Å². The molecule has 0 amide bonds. The third kappa shape index (κ3) is 2.09. The first-order valence-electron chi connectivity index (χ1n) is 4.96. The third-order valence-electron chi connectivity index (χ3n) is 2.40. The number of nitrogens with zero attached hydrogens (tertiary/aromatic N) is 4. The number of alkyl halides is 1.